The number of nitrogens with one attached hydrogen (secondary N) is 1. The normalized spacial score (nSPS) is 11.2. The zero-order valence-electron chi connectivity index (χ0n) is 16.7. The minimum absolute atomic E-state index is 0.254. The van der Waals surface area contributed by atoms with Crippen molar-refractivity contribution in [3.8, 4) is 0 Å². The molecular formula is C24H15Cl2N3O2S. The van der Waals surface area contributed by atoms with Crippen LogP contribution in [0.15, 0.2) is 66.7 Å². The Morgan fingerprint density at radius 1 is 0.969 bits per heavy atom. The lowest BCUT2D eigenvalue weighted by Crippen LogP contribution is -2.14. The molecule has 1 N–H and O–H groups in total. The molecule has 0 aliphatic carbocycles. The summed E-state index contributed by atoms with van der Waals surface area (Å²) in [5, 5.41) is 4.68. The fourth-order valence-corrected chi connectivity index (χ4v) is 5.09. The van der Waals surface area contributed by atoms with Crippen molar-refractivity contribution >= 4 is 73.2 Å². The van der Waals surface area contributed by atoms with Gasteiger partial charge in [0, 0.05) is 16.8 Å². The molecule has 0 unspecified atom stereocenters. The molecule has 0 aliphatic heterocycles. The molecule has 158 valence electrons. The van der Waals surface area contributed by atoms with Crippen molar-refractivity contribution < 1.29 is 9.59 Å². The third kappa shape index (κ3) is 3.56. The fraction of sp³-hybridized carbons (Fsp3) is 0.0417. The highest BCUT2D eigenvalue weighted by Crippen LogP contribution is 2.30. The zero-order valence-corrected chi connectivity index (χ0v) is 19.1. The predicted octanol–water partition coefficient (Wildman–Crippen LogP) is 6.81. The summed E-state index contributed by atoms with van der Waals surface area (Å²) in [5.41, 5.74) is 3.09. The minimum atomic E-state index is -0.306. The first-order valence-electron chi connectivity index (χ1n) is 9.70. The quantitative estimate of drug-likeness (QED) is 0.309. The second kappa shape index (κ2) is 8.06. The molecule has 3 aromatic carbocycles. The number of para-hydroxylation sites is 1. The molecule has 2 aromatic heterocycles. The number of carbonyl (C=O) groups excluding carboxylic acids is 2. The second-order valence-corrected chi connectivity index (χ2v) is 9.08. The number of aromatic nitrogens is 2. The number of benzene rings is 3. The molecule has 0 spiro atoms. The average Bonchev–Trinajstić information content (AvgIpc) is 3.33. The molecule has 5 nitrogen and oxygen atoms in total. The maximum absolute atomic E-state index is 13.2. The molecule has 0 saturated carbocycles. The van der Waals surface area contributed by atoms with Crippen LogP contribution in [0.1, 0.15) is 25.9 Å². The van der Waals surface area contributed by atoms with Gasteiger partial charge in [0.15, 0.2) is 5.01 Å². The number of carbonyl (C=O) groups is 2. The molecule has 32 heavy (non-hydrogen) atoms. The minimum Gasteiger partial charge on any atom is -0.320 e. The molecule has 8 heteroatoms. The molecule has 1 amide bonds. The number of nitrogens with zero attached hydrogens (tertiary/aromatic N) is 2. The van der Waals surface area contributed by atoms with Crippen LogP contribution in [0, 0.1) is 6.92 Å². The van der Waals surface area contributed by atoms with Gasteiger partial charge in [0.1, 0.15) is 0 Å². The van der Waals surface area contributed by atoms with Crippen molar-refractivity contribution in [1.29, 1.82) is 0 Å². The number of hydrogen-bond donors (Lipinski definition) is 1. The molecule has 0 saturated heterocycles. The van der Waals surface area contributed by atoms with Crippen LogP contribution in [-0.4, -0.2) is 21.4 Å². The maximum atomic E-state index is 13.2. The highest BCUT2D eigenvalue weighted by atomic mass is 35.5. The largest absolute Gasteiger partial charge is 0.320 e. The summed E-state index contributed by atoms with van der Waals surface area (Å²) in [7, 11) is 0. The lowest BCUT2D eigenvalue weighted by Gasteiger charge is -2.10. The molecule has 5 aromatic rings. The summed E-state index contributed by atoms with van der Waals surface area (Å²) in [4.78, 5) is 30.3. The Bertz CT molecular complexity index is 1480. The van der Waals surface area contributed by atoms with Gasteiger partial charge in [0.2, 0.25) is 0 Å². The van der Waals surface area contributed by atoms with E-state index in [0.717, 1.165) is 21.3 Å². The van der Waals surface area contributed by atoms with E-state index in [1.807, 2.05) is 43.3 Å². The van der Waals surface area contributed by atoms with Gasteiger partial charge in [0.25, 0.3) is 11.8 Å². The van der Waals surface area contributed by atoms with E-state index in [4.69, 9.17) is 23.2 Å². The maximum Gasteiger partial charge on any atom is 0.284 e. The molecule has 0 radical (unpaired) electrons. The number of hydrogen-bond acceptors (Lipinski definition) is 4. The topological polar surface area (TPSA) is 64.0 Å². The third-order valence-corrected chi connectivity index (χ3v) is 6.78. The second-order valence-electron chi connectivity index (χ2n) is 7.24. The molecule has 0 atom stereocenters. The average molecular weight is 480 g/mol. The van der Waals surface area contributed by atoms with E-state index >= 15 is 0 Å². The van der Waals surface area contributed by atoms with Crippen molar-refractivity contribution in [3.63, 3.8) is 0 Å². The first kappa shape index (κ1) is 20.7. The van der Waals surface area contributed by atoms with Crippen LogP contribution in [0.2, 0.25) is 10.0 Å². The molecule has 5 rings (SSSR count). The van der Waals surface area contributed by atoms with Crippen LogP contribution in [-0.2, 0) is 0 Å². The summed E-state index contributed by atoms with van der Waals surface area (Å²) in [6.07, 6.45) is 0. The van der Waals surface area contributed by atoms with Gasteiger partial charge in [-0.1, -0.05) is 41.4 Å². The summed E-state index contributed by atoms with van der Waals surface area (Å²) in [6.45, 7) is 1.84. The van der Waals surface area contributed by atoms with Gasteiger partial charge in [-0.3, -0.25) is 14.2 Å². The number of rotatable bonds is 3. The van der Waals surface area contributed by atoms with E-state index in [1.165, 1.54) is 11.3 Å². The van der Waals surface area contributed by atoms with Gasteiger partial charge in [-0.2, -0.15) is 0 Å². The Hall–Kier alpha value is -3.19. The molecule has 2 heterocycles. The summed E-state index contributed by atoms with van der Waals surface area (Å²) in [6, 6.07) is 19.8. The van der Waals surface area contributed by atoms with E-state index in [9.17, 15) is 9.59 Å². The number of anilines is 1. The molecular weight excluding hydrogens is 465 g/mol. The van der Waals surface area contributed by atoms with Crippen molar-refractivity contribution in [2.45, 2.75) is 6.92 Å². The van der Waals surface area contributed by atoms with E-state index in [1.54, 1.807) is 34.9 Å². The lowest BCUT2D eigenvalue weighted by atomic mass is 10.2. The van der Waals surface area contributed by atoms with E-state index in [-0.39, 0.29) is 17.4 Å². The smallest absolute Gasteiger partial charge is 0.284 e. The Morgan fingerprint density at radius 3 is 2.47 bits per heavy atom. The van der Waals surface area contributed by atoms with Crippen LogP contribution in [0.3, 0.4) is 0 Å². The lowest BCUT2D eigenvalue weighted by molar-refractivity contribution is 0.0962. The van der Waals surface area contributed by atoms with Crippen molar-refractivity contribution in [3.05, 3.63) is 93.0 Å². The van der Waals surface area contributed by atoms with E-state index in [0.29, 0.717) is 26.3 Å². The van der Waals surface area contributed by atoms with Crippen LogP contribution >= 0.6 is 34.5 Å². The van der Waals surface area contributed by atoms with Gasteiger partial charge < -0.3 is 5.32 Å². The highest BCUT2D eigenvalue weighted by Gasteiger charge is 2.20. The Kier molecular flexibility index (Phi) is 5.21. The first-order valence-corrected chi connectivity index (χ1v) is 11.3. The number of fused-ring (bicyclic) bond motifs is 2. The SMILES string of the molecule is Cc1cc2cc(NC(=O)c3nc4ccccc4s3)ccc2n1C(=O)c1c(Cl)cccc1Cl. The molecule has 0 aliphatic rings. The van der Waals surface area contributed by atoms with Gasteiger partial charge >= 0.3 is 0 Å². The van der Waals surface area contributed by atoms with E-state index < -0.39 is 0 Å². The van der Waals surface area contributed by atoms with Gasteiger partial charge in [0.05, 0.1) is 31.3 Å². The van der Waals surface area contributed by atoms with Gasteiger partial charge in [-0.15, -0.1) is 11.3 Å². The number of thiazole rings is 1. The van der Waals surface area contributed by atoms with Gasteiger partial charge in [-0.05, 0) is 55.5 Å². The van der Waals surface area contributed by atoms with Gasteiger partial charge in [-0.25, -0.2) is 4.98 Å². The summed E-state index contributed by atoms with van der Waals surface area (Å²) in [5.74, 6) is -0.583. The summed E-state index contributed by atoms with van der Waals surface area (Å²) < 4.78 is 2.53. The Balaban J connectivity index is 1.48. The van der Waals surface area contributed by atoms with Crippen LogP contribution in [0.25, 0.3) is 21.1 Å². The van der Waals surface area contributed by atoms with E-state index in [2.05, 4.69) is 10.3 Å². The van der Waals surface area contributed by atoms with Crippen molar-refractivity contribution in [2.24, 2.45) is 0 Å². The monoisotopic (exact) mass is 479 g/mol. The Labute approximate surface area is 197 Å². The first-order chi connectivity index (χ1) is 15.4. The van der Waals surface area contributed by atoms with Crippen LogP contribution in [0.5, 0.6) is 0 Å². The Morgan fingerprint density at radius 2 is 1.72 bits per heavy atom. The predicted molar refractivity (Wildman–Crippen MR) is 130 cm³/mol. The number of halogens is 2. The van der Waals surface area contributed by atoms with Crippen LogP contribution in [0.4, 0.5) is 5.69 Å². The van der Waals surface area contributed by atoms with Crippen molar-refractivity contribution in [2.75, 3.05) is 5.32 Å². The third-order valence-electron chi connectivity index (χ3n) is 5.11. The van der Waals surface area contributed by atoms with Crippen molar-refractivity contribution in [1.82, 2.24) is 9.55 Å². The van der Waals surface area contributed by atoms with Crippen LogP contribution < -0.4 is 5.32 Å². The fourth-order valence-electron chi connectivity index (χ4n) is 3.67. The highest BCUT2D eigenvalue weighted by molar-refractivity contribution is 7.20. The molecule has 0 bridgehead atoms. The number of aryl methyl sites for hydroxylation is 1. The zero-order chi connectivity index (χ0) is 22.4. The summed E-state index contributed by atoms with van der Waals surface area (Å²) >= 11 is 13.8. The number of amides is 1. The molecule has 0 fully saturated rings. The standard InChI is InChI=1S/C24H15Cl2N3O2S/c1-13-11-14-12-15(27-22(30)23-28-18-7-2-3-8-20(18)32-23)9-10-19(14)29(13)24(31)21-16(25)5-4-6-17(21)26/h2-12H,1H3,(H,27,30).